The molecule has 8 nitrogen and oxygen atoms in total. The summed E-state index contributed by atoms with van der Waals surface area (Å²) in [5.74, 6) is -0.0117. The van der Waals surface area contributed by atoms with Crippen molar-refractivity contribution in [3.05, 3.63) is 0 Å². The molecule has 0 aromatic rings. The van der Waals surface area contributed by atoms with Crippen molar-refractivity contribution in [3.63, 3.8) is 0 Å². The minimum Gasteiger partial charge on any atom is -0.466 e. The Morgan fingerprint density at radius 1 is 0.644 bits per heavy atom. The van der Waals surface area contributed by atoms with Crippen LogP contribution in [0.1, 0.15) is 184 Å². The van der Waals surface area contributed by atoms with Gasteiger partial charge in [0.2, 0.25) is 0 Å². The number of carbonyl (C=O) groups excluding carboxylic acids is 2. The summed E-state index contributed by atoms with van der Waals surface area (Å²) in [4.78, 5) is 26.8. The summed E-state index contributed by atoms with van der Waals surface area (Å²) in [6.07, 6.45) is 27.5. The van der Waals surface area contributed by atoms with Crippen LogP contribution in [-0.2, 0) is 19.1 Å². The van der Waals surface area contributed by atoms with E-state index in [1.54, 1.807) is 5.48 Å². The van der Waals surface area contributed by atoms with Crippen LogP contribution in [0.25, 0.3) is 0 Å². The molecule has 0 aromatic carbocycles. The fraction of sp³-hybridized carbons (Fsp3) is 0.946. The van der Waals surface area contributed by atoms with Crippen molar-refractivity contribution in [3.8, 4) is 0 Å². The van der Waals surface area contributed by atoms with E-state index in [0.717, 1.165) is 84.0 Å². The molecule has 0 unspecified atom stereocenters. The lowest BCUT2D eigenvalue weighted by Gasteiger charge is -2.22. The third-order valence-electron chi connectivity index (χ3n) is 8.21. The quantitative estimate of drug-likeness (QED) is 0.0366. The molecular weight excluding hydrogens is 566 g/mol. The molecule has 0 bridgehead atoms. The van der Waals surface area contributed by atoms with Crippen molar-refractivity contribution in [2.45, 2.75) is 187 Å². The maximum Gasteiger partial charge on any atom is 0.306 e. The third kappa shape index (κ3) is 37.1. The van der Waals surface area contributed by atoms with E-state index in [1.165, 1.54) is 96.9 Å². The zero-order valence-electron chi connectivity index (χ0n) is 30.4. The van der Waals surface area contributed by atoms with E-state index in [0.29, 0.717) is 19.4 Å². The monoisotopic (exact) mass is 648 g/mol. The van der Waals surface area contributed by atoms with Crippen molar-refractivity contribution in [1.82, 2.24) is 10.4 Å². The van der Waals surface area contributed by atoms with Gasteiger partial charge in [0.15, 0.2) is 0 Å². The summed E-state index contributed by atoms with van der Waals surface area (Å²) < 4.78 is 11.2. The molecule has 8 heteroatoms. The second kappa shape index (κ2) is 39.0. The molecule has 0 fully saturated rings. The van der Waals surface area contributed by atoms with E-state index < -0.39 is 0 Å². The first-order valence-electron chi connectivity index (χ1n) is 19.1. The molecule has 0 aliphatic rings. The molecule has 0 aromatic heterocycles. The highest BCUT2D eigenvalue weighted by atomic mass is 16.5. The normalized spacial score (nSPS) is 11.1. The van der Waals surface area contributed by atoms with Crippen molar-refractivity contribution in [2.24, 2.45) is 5.73 Å². The highest BCUT2D eigenvalue weighted by Crippen LogP contribution is 2.16. The van der Waals surface area contributed by atoms with Gasteiger partial charge in [0.25, 0.3) is 0 Å². The van der Waals surface area contributed by atoms with E-state index in [9.17, 15) is 9.59 Å². The first kappa shape index (κ1) is 45.9. The fourth-order valence-electron chi connectivity index (χ4n) is 5.46. The van der Waals surface area contributed by atoms with Gasteiger partial charge in [-0.3, -0.25) is 9.59 Å². The van der Waals surface area contributed by atoms with Gasteiger partial charge in [-0.1, -0.05) is 104 Å². The van der Waals surface area contributed by atoms with Crippen LogP contribution in [0.3, 0.4) is 0 Å². The van der Waals surface area contributed by atoms with E-state index >= 15 is 0 Å². The van der Waals surface area contributed by atoms with E-state index in [1.807, 2.05) is 0 Å². The van der Waals surface area contributed by atoms with Crippen molar-refractivity contribution < 1.29 is 27.1 Å². The van der Waals surface area contributed by atoms with E-state index in [4.69, 9.17) is 20.4 Å². The van der Waals surface area contributed by atoms with Crippen LogP contribution >= 0.6 is 0 Å². The summed E-state index contributed by atoms with van der Waals surface area (Å²) >= 11 is 0. The number of hydrogen-bond donors (Lipinski definition) is 3. The Labute approximate surface area is 282 Å². The molecule has 0 heterocycles. The lowest BCUT2D eigenvalue weighted by molar-refractivity contribution is -0.150. The van der Waals surface area contributed by atoms with Crippen molar-refractivity contribution in [1.29, 1.82) is 0 Å². The number of esters is 2. The van der Waals surface area contributed by atoms with Gasteiger partial charge in [0.05, 0.1) is 6.61 Å². The number of ether oxygens (including phenoxy) is 2. The number of hydrogen-bond acceptors (Lipinski definition) is 8. The van der Waals surface area contributed by atoms with Crippen LogP contribution in [0.15, 0.2) is 0 Å². The molecule has 0 aliphatic heterocycles. The van der Waals surface area contributed by atoms with Gasteiger partial charge in [-0.15, -0.1) is 0 Å². The highest BCUT2D eigenvalue weighted by Gasteiger charge is 2.14. The molecule has 0 saturated carbocycles. The van der Waals surface area contributed by atoms with Crippen LogP contribution in [0, 0.1) is 0 Å². The Morgan fingerprint density at radius 2 is 1.07 bits per heavy atom. The summed E-state index contributed by atoms with van der Waals surface area (Å²) in [5.41, 5.74) is 7.54. The maximum absolute atomic E-state index is 12.4. The molecular formula is C37H81N3O5. The molecule has 45 heavy (non-hydrogen) atoms. The van der Waals surface area contributed by atoms with Gasteiger partial charge in [-0.2, -0.15) is 0 Å². The van der Waals surface area contributed by atoms with Crippen molar-refractivity contribution in [2.75, 3.05) is 39.8 Å². The largest absolute Gasteiger partial charge is 0.466 e. The molecule has 0 atom stereocenters. The zero-order valence-corrected chi connectivity index (χ0v) is 30.4. The second-order valence-electron chi connectivity index (χ2n) is 12.6. The molecule has 0 rings (SSSR count). The number of hydroxylamine groups is 1. The van der Waals surface area contributed by atoms with Gasteiger partial charge >= 0.3 is 11.9 Å². The number of nitrogens with two attached hydrogens (primary N) is 1. The molecule has 0 spiro atoms. The van der Waals surface area contributed by atoms with Gasteiger partial charge in [0.1, 0.15) is 6.10 Å². The Hall–Kier alpha value is -1.22. The number of nitrogens with one attached hydrogen (secondary N) is 1. The van der Waals surface area contributed by atoms with Crippen LogP contribution in [-0.4, -0.2) is 68.0 Å². The average Bonchev–Trinajstić information content (AvgIpc) is 3.02. The average molecular weight is 648 g/mol. The van der Waals surface area contributed by atoms with E-state index in [-0.39, 0.29) is 20.9 Å². The third-order valence-corrected chi connectivity index (χ3v) is 8.21. The lowest BCUT2D eigenvalue weighted by Crippen LogP contribution is -2.28. The maximum atomic E-state index is 12.4. The number of carbonyl (C=O) groups is 2. The van der Waals surface area contributed by atoms with Crippen LogP contribution in [0.2, 0.25) is 0 Å². The fourth-order valence-corrected chi connectivity index (χ4v) is 5.46. The number of nitrogens with zero attached hydrogens (tertiary/aromatic N) is 1. The van der Waals surface area contributed by atoms with Crippen LogP contribution in [0.5, 0.6) is 0 Å². The molecule has 4 N–H and O–H groups in total. The van der Waals surface area contributed by atoms with Crippen LogP contribution in [0.4, 0.5) is 0 Å². The van der Waals surface area contributed by atoms with Gasteiger partial charge < -0.3 is 25.3 Å². The van der Waals surface area contributed by atoms with Gasteiger partial charge in [-0.05, 0) is 90.4 Å². The summed E-state index contributed by atoms with van der Waals surface area (Å²) in [7, 11) is 1.43. The Morgan fingerprint density at radius 3 is 1.58 bits per heavy atom. The first-order valence-corrected chi connectivity index (χ1v) is 19.1. The Kier molecular flexibility index (Phi) is 39.7. The highest BCUT2D eigenvalue weighted by molar-refractivity contribution is 5.69. The summed E-state index contributed by atoms with van der Waals surface area (Å²) in [6, 6.07) is 0. The van der Waals surface area contributed by atoms with Gasteiger partial charge in [0, 0.05) is 22.7 Å². The molecule has 0 radical (unpaired) electrons. The summed E-state index contributed by atoms with van der Waals surface area (Å²) in [5, 5.41) is 7.32. The number of unbranched alkanes of at least 4 members (excludes halogenated alkanes) is 15. The second-order valence-corrected chi connectivity index (χ2v) is 12.6. The summed E-state index contributed by atoms with van der Waals surface area (Å²) in [6.45, 7) is 11.3. The van der Waals surface area contributed by atoms with Crippen molar-refractivity contribution >= 4 is 11.9 Å². The molecule has 0 amide bonds. The first-order chi connectivity index (χ1) is 22.0. The molecule has 0 aliphatic carbocycles. The lowest BCUT2D eigenvalue weighted by atomic mass is 10.0. The molecule has 274 valence electrons. The minimum absolute atomic E-state index is 0. The Bertz CT molecular complexity index is 611. The SMILES string of the molecule is CCCCCCOC(=O)CCCCCCCN(CCCN)CCCCCCCC(=O)OC(CCCCC)CCCCC.CNO.[HH].[HH]. The molecule has 0 saturated heterocycles. The number of rotatable bonds is 33. The van der Waals surface area contributed by atoms with Gasteiger partial charge in [-0.25, -0.2) is 5.48 Å². The predicted molar refractivity (Wildman–Crippen MR) is 194 cm³/mol. The Balaban J connectivity index is -0.00000177. The van der Waals surface area contributed by atoms with E-state index in [2.05, 4.69) is 25.7 Å². The standard InChI is InChI=1S/C36H72N2O4.CH5NO.2H2/c1-4-7-10-23-33-41-35(39)27-19-13-11-15-21-30-38(32-24-29-37)31-22-16-12-14-20-28-36(40)42-34(25-17-8-5-2)26-18-9-6-3;1-2-3;;/h34H,4-33,37H2,1-3H3;2-3H,1H3;2*1H. The minimum atomic E-state index is -0.0244. The van der Waals surface area contributed by atoms with Crippen LogP contribution < -0.4 is 11.2 Å². The predicted octanol–water partition coefficient (Wildman–Crippen LogP) is 9.60. The zero-order chi connectivity index (χ0) is 33.6. The topological polar surface area (TPSA) is 114 Å². The smallest absolute Gasteiger partial charge is 0.306 e.